The maximum absolute atomic E-state index is 11.8. The van der Waals surface area contributed by atoms with Crippen molar-refractivity contribution in [2.45, 2.75) is 19.4 Å². The van der Waals surface area contributed by atoms with Gasteiger partial charge in [-0.05, 0) is 12.3 Å². The van der Waals surface area contributed by atoms with E-state index in [2.05, 4.69) is 10.6 Å². The Morgan fingerprint density at radius 1 is 1.39 bits per heavy atom. The SMILES string of the molecule is CC1CCOC1C(=O)NCC(=O)N1CCNCC1. The zero-order valence-corrected chi connectivity index (χ0v) is 10.8. The average Bonchev–Trinajstić information content (AvgIpc) is 2.83. The van der Waals surface area contributed by atoms with Crippen LogP contribution in [0.3, 0.4) is 0 Å². The first kappa shape index (κ1) is 13.3. The molecule has 6 heteroatoms. The van der Waals surface area contributed by atoms with Crippen molar-refractivity contribution in [2.75, 3.05) is 39.3 Å². The van der Waals surface area contributed by atoms with Gasteiger partial charge in [-0.1, -0.05) is 6.92 Å². The van der Waals surface area contributed by atoms with E-state index in [9.17, 15) is 9.59 Å². The van der Waals surface area contributed by atoms with Crippen LogP contribution in [-0.2, 0) is 14.3 Å². The van der Waals surface area contributed by atoms with Gasteiger partial charge in [0.2, 0.25) is 11.8 Å². The summed E-state index contributed by atoms with van der Waals surface area (Å²) in [7, 11) is 0. The molecule has 2 atom stereocenters. The standard InChI is InChI=1S/C12H21N3O3/c1-9-2-7-18-11(9)12(17)14-8-10(16)15-5-3-13-4-6-15/h9,11,13H,2-8H2,1H3,(H,14,17). The summed E-state index contributed by atoms with van der Waals surface area (Å²) in [5.74, 6) is 0.0540. The van der Waals surface area contributed by atoms with Crippen LogP contribution < -0.4 is 10.6 Å². The Kier molecular flexibility index (Phi) is 4.54. The zero-order valence-electron chi connectivity index (χ0n) is 10.8. The highest BCUT2D eigenvalue weighted by Crippen LogP contribution is 2.19. The molecule has 0 bridgehead atoms. The Bertz CT molecular complexity index is 316. The van der Waals surface area contributed by atoms with Gasteiger partial charge in [0.25, 0.3) is 0 Å². The highest BCUT2D eigenvalue weighted by molar-refractivity contribution is 5.87. The highest BCUT2D eigenvalue weighted by atomic mass is 16.5. The van der Waals surface area contributed by atoms with E-state index in [4.69, 9.17) is 4.74 Å². The second-order valence-electron chi connectivity index (χ2n) is 4.91. The molecule has 2 saturated heterocycles. The van der Waals surface area contributed by atoms with Gasteiger partial charge in [0.05, 0.1) is 6.54 Å². The van der Waals surface area contributed by atoms with Crippen molar-refractivity contribution in [1.29, 1.82) is 0 Å². The van der Waals surface area contributed by atoms with Crippen molar-refractivity contribution in [2.24, 2.45) is 5.92 Å². The van der Waals surface area contributed by atoms with Gasteiger partial charge < -0.3 is 20.3 Å². The summed E-state index contributed by atoms with van der Waals surface area (Å²) < 4.78 is 5.36. The van der Waals surface area contributed by atoms with Crippen LogP contribution in [0.15, 0.2) is 0 Å². The van der Waals surface area contributed by atoms with Crippen LogP contribution in [-0.4, -0.2) is 62.1 Å². The number of ether oxygens (including phenoxy) is 1. The van der Waals surface area contributed by atoms with Crippen LogP contribution in [0.2, 0.25) is 0 Å². The second-order valence-corrected chi connectivity index (χ2v) is 4.91. The number of nitrogens with one attached hydrogen (secondary N) is 2. The Balaban J connectivity index is 1.73. The number of rotatable bonds is 3. The predicted molar refractivity (Wildman–Crippen MR) is 66.0 cm³/mol. The van der Waals surface area contributed by atoms with Gasteiger partial charge in [0, 0.05) is 32.8 Å². The van der Waals surface area contributed by atoms with Crippen molar-refractivity contribution in [3.05, 3.63) is 0 Å². The molecule has 0 radical (unpaired) electrons. The van der Waals surface area contributed by atoms with Gasteiger partial charge in [-0.15, -0.1) is 0 Å². The minimum atomic E-state index is -0.388. The predicted octanol–water partition coefficient (Wildman–Crippen LogP) is -1.04. The Hall–Kier alpha value is -1.14. The van der Waals surface area contributed by atoms with Gasteiger partial charge in [-0.3, -0.25) is 9.59 Å². The van der Waals surface area contributed by atoms with Crippen molar-refractivity contribution < 1.29 is 14.3 Å². The summed E-state index contributed by atoms with van der Waals surface area (Å²) in [6.45, 7) is 5.77. The molecule has 2 rings (SSSR count). The molecule has 0 aromatic carbocycles. The third-order valence-corrected chi connectivity index (χ3v) is 3.53. The molecule has 0 aromatic rings. The Labute approximate surface area is 107 Å². The fourth-order valence-corrected chi connectivity index (χ4v) is 2.32. The third kappa shape index (κ3) is 3.20. The van der Waals surface area contributed by atoms with E-state index in [1.54, 1.807) is 4.90 Å². The zero-order chi connectivity index (χ0) is 13.0. The van der Waals surface area contributed by atoms with Crippen molar-refractivity contribution in [3.8, 4) is 0 Å². The topological polar surface area (TPSA) is 70.7 Å². The van der Waals surface area contributed by atoms with Crippen LogP contribution >= 0.6 is 0 Å². The van der Waals surface area contributed by atoms with Gasteiger partial charge in [0.15, 0.2) is 0 Å². The van der Waals surface area contributed by atoms with E-state index in [-0.39, 0.29) is 30.4 Å². The quantitative estimate of drug-likeness (QED) is 0.676. The normalized spacial score (nSPS) is 28.2. The molecule has 2 amide bonds. The average molecular weight is 255 g/mol. The molecule has 2 fully saturated rings. The van der Waals surface area contributed by atoms with Crippen LogP contribution in [0.1, 0.15) is 13.3 Å². The maximum atomic E-state index is 11.8. The molecule has 0 aliphatic carbocycles. The molecule has 2 N–H and O–H groups in total. The van der Waals surface area contributed by atoms with E-state index in [0.29, 0.717) is 19.7 Å². The molecule has 18 heavy (non-hydrogen) atoms. The fourth-order valence-electron chi connectivity index (χ4n) is 2.32. The first-order chi connectivity index (χ1) is 8.68. The minimum Gasteiger partial charge on any atom is -0.368 e. The maximum Gasteiger partial charge on any atom is 0.249 e. The molecule has 0 spiro atoms. The lowest BCUT2D eigenvalue weighted by molar-refractivity contribution is -0.137. The smallest absolute Gasteiger partial charge is 0.249 e. The Morgan fingerprint density at radius 3 is 2.72 bits per heavy atom. The van der Waals surface area contributed by atoms with Crippen LogP contribution in [0, 0.1) is 5.92 Å². The van der Waals surface area contributed by atoms with E-state index < -0.39 is 0 Å². The fraction of sp³-hybridized carbons (Fsp3) is 0.833. The van der Waals surface area contributed by atoms with Gasteiger partial charge in [-0.2, -0.15) is 0 Å². The van der Waals surface area contributed by atoms with Crippen molar-refractivity contribution in [1.82, 2.24) is 15.5 Å². The molecular formula is C12H21N3O3. The van der Waals surface area contributed by atoms with E-state index >= 15 is 0 Å². The second kappa shape index (κ2) is 6.15. The monoisotopic (exact) mass is 255 g/mol. The third-order valence-electron chi connectivity index (χ3n) is 3.53. The highest BCUT2D eigenvalue weighted by Gasteiger charge is 2.31. The lowest BCUT2D eigenvalue weighted by Gasteiger charge is -2.27. The molecule has 2 unspecified atom stereocenters. The number of hydrogen-bond acceptors (Lipinski definition) is 4. The number of amides is 2. The number of hydrogen-bond donors (Lipinski definition) is 2. The number of nitrogens with zero attached hydrogens (tertiary/aromatic N) is 1. The number of piperazine rings is 1. The minimum absolute atomic E-state index is 0.0181. The molecular weight excluding hydrogens is 234 g/mol. The van der Waals surface area contributed by atoms with Gasteiger partial charge in [-0.25, -0.2) is 0 Å². The molecule has 102 valence electrons. The molecule has 0 saturated carbocycles. The van der Waals surface area contributed by atoms with Gasteiger partial charge >= 0.3 is 0 Å². The van der Waals surface area contributed by atoms with Gasteiger partial charge in [0.1, 0.15) is 6.10 Å². The van der Waals surface area contributed by atoms with Crippen LogP contribution in [0.4, 0.5) is 0 Å². The first-order valence-corrected chi connectivity index (χ1v) is 6.56. The lowest BCUT2D eigenvalue weighted by Crippen LogP contribution is -2.50. The first-order valence-electron chi connectivity index (χ1n) is 6.56. The summed E-state index contributed by atoms with van der Waals surface area (Å²) in [5, 5.41) is 5.86. The van der Waals surface area contributed by atoms with Crippen molar-refractivity contribution in [3.63, 3.8) is 0 Å². The lowest BCUT2D eigenvalue weighted by atomic mass is 10.0. The summed E-state index contributed by atoms with van der Waals surface area (Å²) in [4.78, 5) is 25.4. The van der Waals surface area contributed by atoms with E-state index in [1.165, 1.54) is 0 Å². The molecule has 2 heterocycles. The largest absolute Gasteiger partial charge is 0.368 e. The summed E-state index contributed by atoms with van der Waals surface area (Å²) in [5.41, 5.74) is 0. The number of carbonyl (C=O) groups excluding carboxylic acids is 2. The molecule has 2 aliphatic heterocycles. The summed E-state index contributed by atoms with van der Waals surface area (Å²) >= 11 is 0. The summed E-state index contributed by atoms with van der Waals surface area (Å²) in [6.07, 6.45) is 0.518. The Morgan fingerprint density at radius 2 is 2.11 bits per heavy atom. The number of carbonyl (C=O) groups is 2. The molecule has 2 aliphatic rings. The summed E-state index contributed by atoms with van der Waals surface area (Å²) in [6, 6.07) is 0. The van der Waals surface area contributed by atoms with E-state index in [1.807, 2.05) is 6.92 Å². The van der Waals surface area contributed by atoms with Crippen LogP contribution in [0.5, 0.6) is 0 Å². The molecule has 0 aromatic heterocycles. The van der Waals surface area contributed by atoms with Crippen LogP contribution in [0.25, 0.3) is 0 Å². The van der Waals surface area contributed by atoms with E-state index in [0.717, 1.165) is 19.5 Å². The molecule has 6 nitrogen and oxygen atoms in total. The van der Waals surface area contributed by atoms with Crippen molar-refractivity contribution >= 4 is 11.8 Å².